The lowest BCUT2D eigenvalue weighted by Crippen LogP contribution is -2.46. The Labute approximate surface area is 228 Å². The summed E-state index contributed by atoms with van der Waals surface area (Å²) in [5.74, 6) is 0.522. The molecule has 0 atom stereocenters. The molecule has 39 heavy (non-hydrogen) atoms. The van der Waals surface area contributed by atoms with Crippen LogP contribution in [0.4, 0.5) is 11.6 Å². The molecule has 0 aliphatic carbocycles. The second-order valence-corrected chi connectivity index (χ2v) is 11.9. The number of nitrogens with zero attached hydrogens (tertiary/aromatic N) is 5. The van der Waals surface area contributed by atoms with Crippen LogP contribution in [0, 0.1) is 13.8 Å². The van der Waals surface area contributed by atoms with E-state index in [4.69, 9.17) is 0 Å². The number of phenolic OH excluding ortho intramolecular Hbond substituents is 1. The zero-order valence-electron chi connectivity index (χ0n) is 22.3. The van der Waals surface area contributed by atoms with Crippen LogP contribution >= 0.6 is 0 Å². The first kappa shape index (κ1) is 26.9. The fourth-order valence-corrected chi connectivity index (χ4v) is 5.86. The van der Waals surface area contributed by atoms with Gasteiger partial charge in [0.25, 0.3) is 0 Å². The molecule has 1 aromatic heterocycles. The Balaban J connectivity index is 1.29. The summed E-state index contributed by atoms with van der Waals surface area (Å²) < 4.78 is 27.5. The second-order valence-electron chi connectivity index (χ2n) is 9.86. The number of aromatic hydroxyl groups is 1. The van der Waals surface area contributed by atoms with Crippen LogP contribution in [0.1, 0.15) is 11.1 Å². The smallest absolute Gasteiger partial charge is 0.247 e. The first-order valence-corrected chi connectivity index (χ1v) is 14.4. The lowest BCUT2D eigenvalue weighted by Gasteiger charge is -2.28. The van der Waals surface area contributed by atoms with Gasteiger partial charge in [0.15, 0.2) is 0 Å². The van der Waals surface area contributed by atoms with E-state index in [1.54, 1.807) is 43.4 Å². The number of hydrogen-bond donors (Lipinski definition) is 3. The Morgan fingerprint density at radius 1 is 1.00 bits per heavy atom. The number of fused-ring (bicyclic) bond motifs is 1. The summed E-state index contributed by atoms with van der Waals surface area (Å²) in [6, 6.07) is 15.8. The van der Waals surface area contributed by atoms with Gasteiger partial charge in [-0.3, -0.25) is 4.90 Å². The van der Waals surface area contributed by atoms with Crippen molar-refractivity contribution in [2.75, 3.05) is 51.6 Å². The van der Waals surface area contributed by atoms with Crippen molar-refractivity contribution in [2.45, 2.75) is 18.7 Å². The monoisotopic (exact) mass is 547 g/mol. The number of hydrogen-bond acceptors (Lipinski definition) is 9. The van der Waals surface area contributed by atoms with Gasteiger partial charge in [-0.25, -0.2) is 13.4 Å². The van der Waals surface area contributed by atoms with Gasteiger partial charge in [-0.05, 0) is 84.6 Å². The van der Waals surface area contributed by atoms with Crippen molar-refractivity contribution >= 4 is 32.7 Å². The molecule has 10 nitrogen and oxygen atoms in total. The average Bonchev–Trinajstić information content (AvgIpc) is 2.94. The molecule has 0 saturated carbocycles. The number of sulfonamides is 1. The fraction of sp³-hybridized carbons (Fsp3) is 0.321. The third kappa shape index (κ3) is 6.01. The lowest BCUT2D eigenvalue weighted by atomic mass is 9.98. The highest BCUT2D eigenvalue weighted by Gasteiger charge is 2.22. The minimum atomic E-state index is -3.59. The summed E-state index contributed by atoms with van der Waals surface area (Å²) >= 11 is 0. The van der Waals surface area contributed by atoms with Gasteiger partial charge in [-0.15, -0.1) is 10.2 Å². The maximum absolute atomic E-state index is 13.1. The largest absolute Gasteiger partial charge is 0.508 e. The summed E-state index contributed by atoms with van der Waals surface area (Å²) in [5.41, 5.74) is 5.83. The van der Waals surface area contributed by atoms with E-state index >= 15 is 0 Å². The number of anilines is 2. The summed E-state index contributed by atoms with van der Waals surface area (Å²) in [6.07, 6.45) is 0. The van der Waals surface area contributed by atoms with Gasteiger partial charge in [0.1, 0.15) is 11.3 Å². The van der Waals surface area contributed by atoms with E-state index in [0.29, 0.717) is 35.8 Å². The van der Waals surface area contributed by atoms with Gasteiger partial charge in [-0.1, -0.05) is 6.07 Å². The van der Waals surface area contributed by atoms with E-state index < -0.39 is 10.0 Å². The first-order chi connectivity index (χ1) is 18.7. The Hall–Kier alpha value is -3.64. The van der Waals surface area contributed by atoms with Crippen LogP contribution in [0.3, 0.4) is 0 Å². The average molecular weight is 548 g/mol. The Kier molecular flexibility index (Phi) is 7.76. The van der Waals surface area contributed by atoms with Crippen molar-refractivity contribution in [3.8, 4) is 16.9 Å². The first-order valence-electron chi connectivity index (χ1n) is 12.9. The van der Waals surface area contributed by atoms with Crippen LogP contribution in [0.15, 0.2) is 59.5 Å². The SMILES string of the molecule is Cc1ccc(O)cc1-c1cc(C)c2nc(Nc3ccc(S(=O)(=O)N(C)CCN4CCNCC4)cc3)nnc2c1. The van der Waals surface area contributed by atoms with Gasteiger partial charge in [0.05, 0.1) is 10.4 Å². The van der Waals surface area contributed by atoms with E-state index in [-0.39, 0.29) is 10.6 Å². The second kappa shape index (κ2) is 11.2. The quantitative estimate of drug-likeness (QED) is 0.305. The van der Waals surface area contributed by atoms with Crippen LogP contribution < -0.4 is 10.6 Å². The third-order valence-electron chi connectivity index (χ3n) is 7.04. The van der Waals surface area contributed by atoms with E-state index in [9.17, 15) is 13.5 Å². The summed E-state index contributed by atoms with van der Waals surface area (Å²) in [7, 11) is -1.97. The molecule has 1 aliphatic heterocycles. The number of aromatic nitrogens is 3. The molecule has 4 aromatic rings. The molecule has 1 fully saturated rings. The summed E-state index contributed by atoms with van der Waals surface area (Å²) in [6.45, 7) is 8.81. The topological polar surface area (TPSA) is 124 Å². The van der Waals surface area contributed by atoms with E-state index in [1.807, 2.05) is 32.0 Å². The summed E-state index contributed by atoms with van der Waals surface area (Å²) in [4.78, 5) is 7.15. The molecule has 3 aromatic carbocycles. The Bertz CT molecular complexity index is 1590. The number of phenols is 1. The molecule has 204 valence electrons. The van der Waals surface area contributed by atoms with Gasteiger partial charge in [-0.2, -0.15) is 4.31 Å². The number of rotatable bonds is 8. The highest BCUT2D eigenvalue weighted by molar-refractivity contribution is 7.89. The number of likely N-dealkylation sites (N-methyl/N-ethyl adjacent to an activating group) is 1. The number of aryl methyl sites for hydroxylation is 2. The number of piperazine rings is 1. The molecule has 0 radical (unpaired) electrons. The molecule has 0 amide bonds. The number of nitrogens with one attached hydrogen (secondary N) is 2. The van der Waals surface area contributed by atoms with Crippen molar-refractivity contribution in [3.63, 3.8) is 0 Å². The lowest BCUT2D eigenvalue weighted by molar-refractivity contribution is 0.229. The van der Waals surface area contributed by atoms with Crippen LogP contribution in [-0.2, 0) is 10.0 Å². The van der Waals surface area contributed by atoms with Crippen molar-refractivity contribution < 1.29 is 13.5 Å². The Morgan fingerprint density at radius 3 is 2.49 bits per heavy atom. The Morgan fingerprint density at radius 2 is 1.74 bits per heavy atom. The molecule has 1 aliphatic rings. The maximum Gasteiger partial charge on any atom is 0.247 e. The molecular formula is C28H33N7O3S. The van der Waals surface area contributed by atoms with E-state index in [0.717, 1.165) is 48.4 Å². The maximum atomic E-state index is 13.1. The highest BCUT2D eigenvalue weighted by atomic mass is 32.2. The predicted molar refractivity (Wildman–Crippen MR) is 153 cm³/mol. The van der Waals surface area contributed by atoms with Crippen LogP contribution in [-0.4, -0.2) is 84.2 Å². The van der Waals surface area contributed by atoms with Crippen molar-refractivity contribution in [1.82, 2.24) is 29.7 Å². The number of benzene rings is 3. The standard InChI is InChI=1S/C28H33N7O3S/c1-19-4-7-23(36)18-25(19)21-16-20(2)27-26(17-21)32-33-28(31-27)30-22-5-8-24(9-6-22)39(37,38)34(3)14-15-35-12-10-29-11-13-35/h4-9,16-18,29,36H,10-15H2,1-3H3,(H,30,31,33). The minimum absolute atomic E-state index is 0.206. The molecule has 1 saturated heterocycles. The highest BCUT2D eigenvalue weighted by Crippen LogP contribution is 2.31. The van der Waals surface area contributed by atoms with Crippen LogP contribution in [0.25, 0.3) is 22.2 Å². The molecule has 3 N–H and O–H groups in total. The van der Waals surface area contributed by atoms with Crippen LogP contribution in [0.5, 0.6) is 5.75 Å². The van der Waals surface area contributed by atoms with Gasteiger partial charge < -0.3 is 15.7 Å². The molecule has 0 bridgehead atoms. The molecule has 2 heterocycles. The van der Waals surface area contributed by atoms with E-state index in [2.05, 4.69) is 30.7 Å². The van der Waals surface area contributed by atoms with Crippen molar-refractivity contribution in [3.05, 3.63) is 65.7 Å². The predicted octanol–water partition coefficient (Wildman–Crippen LogP) is 3.28. The zero-order chi connectivity index (χ0) is 27.6. The third-order valence-corrected chi connectivity index (χ3v) is 8.91. The van der Waals surface area contributed by atoms with Crippen LogP contribution in [0.2, 0.25) is 0 Å². The van der Waals surface area contributed by atoms with Crippen molar-refractivity contribution in [1.29, 1.82) is 0 Å². The molecule has 0 unspecified atom stereocenters. The van der Waals surface area contributed by atoms with E-state index in [1.165, 1.54) is 4.31 Å². The fourth-order valence-electron chi connectivity index (χ4n) is 4.70. The van der Waals surface area contributed by atoms with Gasteiger partial charge >= 0.3 is 0 Å². The molecular weight excluding hydrogens is 514 g/mol. The van der Waals surface area contributed by atoms with Gasteiger partial charge in [0, 0.05) is 52.0 Å². The minimum Gasteiger partial charge on any atom is -0.508 e. The van der Waals surface area contributed by atoms with Gasteiger partial charge in [0.2, 0.25) is 16.0 Å². The molecule has 11 heteroatoms. The molecule has 0 spiro atoms. The zero-order valence-corrected chi connectivity index (χ0v) is 23.2. The summed E-state index contributed by atoms with van der Waals surface area (Å²) in [5, 5.41) is 25.0. The normalized spacial score (nSPS) is 14.7. The molecule has 5 rings (SSSR count). The van der Waals surface area contributed by atoms with Crippen molar-refractivity contribution in [2.24, 2.45) is 0 Å².